The fourth-order valence-corrected chi connectivity index (χ4v) is 3.27. The highest BCUT2D eigenvalue weighted by Crippen LogP contribution is 2.27. The number of amides is 3. The average Bonchev–Trinajstić information content (AvgIpc) is 3.15. The van der Waals surface area contributed by atoms with Gasteiger partial charge in [-0.2, -0.15) is 0 Å². The molecule has 1 heterocycles. The van der Waals surface area contributed by atoms with Crippen molar-refractivity contribution in [1.82, 2.24) is 5.32 Å². The van der Waals surface area contributed by atoms with Crippen LogP contribution in [0.3, 0.4) is 0 Å². The number of nitrogens with zero attached hydrogens (tertiary/aromatic N) is 1. The van der Waals surface area contributed by atoms with Gasteiger partial charge in [0.1, 0.15) is 11.6 Å². The van der Waals surface area contributed by atoms with Crippen molar-refractivity contribution in [3.63, 3.8) is 0 Å². The van der Waals surface area contributed by atoms with E-state index in [4.69, 9.17) is 16.3 Å². The summed E-state index contributed by atoms with van der Waals surface area (Å²) >= 11 is 5.69. The summed E-state index contributed by atoms with van der Waals surface area (Å²) in [4.78, 5) is 37.9. The van der Waals surface area contributed by atoms with Crippen molar-refractivity contribution < 1.29 is 23.5 Å². The van der Waals surface area contributed by atoms with Crippen LogP contribution in [0.4, 0.5) is 15.8 Å². The van der Waals surface area contributed by atoms with Gasteiger partial charge >= 0.3 is 0 Å². The van der Waals surface area contributed by atoms with Gasteiger partial charge in [-0.3, -0.25) is 14.4 Å². The van der Waals surface area contributed by atoms with Crippen LogP contribution in [0.15, 0.2) is 55.1 Å². The Morgan fingerprint density at radius 2 is 2.00 bits per heavy atom. The van der Waals surface area contributed by atoms with E-state index in [0.29, 0.717) is 30.2 Å². The van der Waals surface area contributed by atoms with Crippen molar-refractivity contribution in [3.05, 3.63) is 66.0 Å². The number of benzene rings is 2. The molecule has 2 N–H and O–H groups in total. The minimum atomic E-state index is -0.573. The van der Waals surface area contributed by atoms with Crippen LogP contribution in [0.2, 0.25) is 5.02 Å². The Bertz CT molecular complexity index is 997. The molecule has 2 aromatic carbocycles. The first-order valence-electron chi connectivity index (χ1n) is 9.54. The lowest BCUT2D eigenvalue weighted by atomic mass is 10.1. The summed E-state index contributed by atoms with van der Waals surface area (Å²) in [5.74, 6) is -1.30. The Balaban J connectivity index is 1.52. The highest BCUT2D eigenvalue weighted by molar-refractivity contribution is 6.31. The fraction of sp³-hybridized carbons (Fsp3) is 0.227. The Kier molecular flexibility index (Phi) is 7.25. The number of anilines is 2. The maximum Gasteiger partial charge on any atom is 0.262 e. The van der Waals surface area contributed by atoms with Crippen LogP contribution in [-0.2, 0) is 14.4 Å². The number of rotatable bonds is 8. The zero-order chi connectivity index (χ0) is 22.4. The summed E-state index contributed by atoms with van der Waals surface area (Å²) in [5, 5.41) is 5.18. The van der Waals surface area contributed by atoms with Crippen LogP contribution in [0.1, 0.15) is 6.42 Å². The largest absolute Gasteiger partial charge is 0.484 e. The molecular weight excluding hydrogens is 425 g/mol. The molecule has 1 saturated heterocycles. The summed E-state index contributed by atoms with van der Waals surface area (Å²) in [5.41, 5.74) is 0.997. The lowest BCUT2D eigenvalue weighted by Crippen LogP contribution is -2.32. The SMILES string of the molecule is C=CCNC(=O)[C@@H]1CC(=O)N(c2ccc(OCC(=O)Nc3ccc(F)c(Cl)c3)cc2)C1. The first-order chi connectivity index (χ1) is 14.9. The summed E-state index contributed by atoms with van der Waals surface area (Å²) in [6.07, 6.45) is 1.73. The Morgan fingerprint density at radius 1 is 1.26 bits per heavy atom. The molecule has 1 aliphatic heterocycles. The van der Waals surface area contributed by atoms with Crippen LogP contribution in [0, 0.1) is 11.7 Å². The van der Waals surface area contributed by atoms with Gasteiger partial charge in [0.25, 0.3) is 5.91 Å². The average molecular weight is 446 g/mol. The van der Waals surface area contributed by atoms with Crippen LogP contribution in [0.25, 0.3) is 0 Å². The quantitative estimate of drug-likeness (QED) is 0.611. The van der Waals surface area contributed by atoms with Crippen LogP contribution < -0.4 is 20.3 Å². The van der Waals surface area contributed by atoms with Gasteiger partial charge in [-0.1, -0.05) is 17.7 Å². The topological polar surface area (TPSA) is 87.7 Å². The van der Waals surface area contributed by atoms with Gasteiger partial charge in [-0.15, -0.1) is 6.58 Å². The number of ether oxygens (including phenoxy) is 1. The molecule has 1 atom stereocenters. The third-order valence-electron chi connectivity index (χ3n) is 4.64. The normalized spacial score (nSPS) is 15.5. The zero-order valence-corrected chi connectivity index (χ0v) is 17.3. The molecule has 31 heavy (non-hydrogen) atoms. The summed E-state index contributed by atoms with van der Waals surface area (Å²) in [6, 6.07) is 10.5. The number of carbonyl (C=O) groups is 3. The predicted octanol–water partition coefficient (Wildman–Crippen LogP) is 3.15. The van der Waals surface area contributed by atoms with Gasteiger partial charge in [0, 0.05) is 30.9 Å². The van der Waals surface area contributed by atoms with Crippen LogP contribution >= 0.6 is 11.6 Å². The molecule has 0 spiro atoms. The van der Waals surface area contributed by atoms with Crippen molar-refractivity contribution in [3.8, 4) is 5.75 Å². The molecule has 9 heteroatoms. The molecule has 3 amide bonds. The molecule has 1 fully saturated rings. The van der Waals surface area contributed by atoms with E-state index in [1.165, 1.54) is 12.1 Å². The van der Waals surface area contributed by atoms with E-state index >= 15 is 0 Å². The van der Waals surface area contributed by atoms with Crippen LogP contribution in [0.5, 0.6) is 5.75 Å². The third-order valence-corrected chi connectivity index (χ3v) is 4.93. The number of carbonyl (C=O) groups excluding carboxylic acids is 3. The smallest absolute Gasteiger partial charge is 0.262 e. The molecule has 2 aromatic rings. The van der Waals surface area contributed by atoms with E-state index in [1.54, 1.807) is 35.2 Å². The van der Waals surface area contributed by atoms with Crippen molar-refractivity contribution in [2.45, 2.75) is 6.42 Å². The highest BCUT2D eigenvalue weighted by Gasteiger charge is 2.34. The first-order valence-corrected chi connectivity index (χ1v) is 9.92. The predicted molar refractivity (Wildman–Crippen MR) is 116 cm³/mol. The Hall–Kier alpha value is -3.39. The lowest BCUT2D eigenvalue weighted by molar-refractivity contribution is -0.126. The van der Waals surface area contributed by atoms with Gasteiger partial charge in [0.05, 0.1) is 10.9 Å². The maximum atomic E-state index is 13.2. The second kappa shape index (κ2) is 10.1. The molecule has 162 valence electrons. The number of nitrogens with one attached hydrogen (secondary N) is 2. The van der Waals surface area contributed by atoms with Crippen LogP contribution in [-0.4, -0.2) is 37.4 Å². The van der Waals surface area contributed by atoms with E-state index in [2.05, 4.69) is 17.2 Å². The second-order valence-corrected chi connectivity index (χ2v) is 7.31. The maximum absolute atomic E-state index is 13.2. The molecule has 0 unspecified atom stereocenters. The van der Waals surface area contributed by atoms with Gasteiger partial charge in [0.15, 0.2) is 6.61 Å². The number of hydrogen-bond donors (Lipinski definition) is 2. The molecular formula is C22H21ClFN3O4. The Labute approximate surface area is 183 Å². The minimum Gasteiger partial charge on any atom is -0.484 e. The summed E-state index contributed by atoms with van der Waals surface area (Å²) in [6.45, 7) is 3.94. The molecule has 7 nitrogen and oxygen atoms in total. The van der Waals surface area contributed by atoms with Gasteiger partial charge in [-0.05, 0) is 42.5 Å². The van der Waals surface area contributed by atoms with E-state index in [0.717, 1.165) is 6.07 Å². The molecule has 3 rings (SSSR count). The van der Waals surface area contributed by atoms with E-state index in [-0.39, 0.29) is 29.9 Å². The van der Waals surface area contributed by atoms with Gasteiger partial charge in [0.2, 0.25) is 11.8 Å². The van der Waals surface area contributed by atoms with Gasteiger partial charge in [-0.25, -0.2) is 4.39 Å². The molecule has 0 saturated carbocycles. The lowest BCUT2D eigenvalue weighted by Gasteiger charge is -2.17. The Morgan fingerprint density at radius 3 is 2.68 bits per heavy atom. The third kappa shape index (κ3) is 5.82. The van der Waals surface area contributed by atoms with E-state index in [1.807, 2.05) is 0 Å². The first kappa shape index (κ1) is 22.3. The zero-order valence-electron chi connectivity index (χ0n) is 16.6. The van der Waals surface area contributed by atoms with Gasteiger partial charge < -0.3 is 20.3 Å². The fourth-order valence-electron chi connectivity index (χ4n) is 3.09. The molecule has 1 aliphatic rings. The molecule has 0 aliphatic carbocycles. The minimum absolute atomic E-state index is 0.0915. The van der Waals surface area contributed by atoms with Crippen molar-refractivity contribution >= 4 is 40.7 Å². The highest BCUT2D eigenvalue weighted by atomic mass is 35.5. The van der Waals surface area contributed by atoms with Crippen molar-refractivity contribution in [2.75, 3.05) is 29.9 Å². The van der Waals surface area contributed by atoms with Crippen molar-refractivity contribution in [1.29, 1.82) is 0 Å². The molecule has 0 radical (unpaired) electrons. The molecule has 0 aromatic heterocycles. The molecule has 0 bridgehead atoms. The monoisotopic (exact) mass is 445 g/mol. The summed E-state index contributed by atoms with van der Waals surface area (Å²) < 4.78 is 18.6. The van der Waals surface area contributed by atoms with E-state index in [9.17, 15) is 18.8 Å². The second-order valence-electron chi connectivity index (χ2n) is 6.90. The number of halogens is 2. The van der Waals surface area contributed by atoms with Crippen molar-refractivity contribution in [2.24, 2.45) is 5.92 Å². The summed E-state index contributed by atoms with van der Waals surface area (Å²) in [7, 11) is 0. The standard InChI is InChI=1S/C22H21ClFN3O4/c1-2-9-25-22(30)14-10-21(29)27(12-14)16-4-6-17(7-5-16)31-13-20(28)26-15-3-8-19(24)18(23)11-15/h2-8,11,14H,1,9-10,12-13H2,(H,25,30)(H,26,28)/t14-/m1/s1. The number of hydrogen-bond acceptors (Lipinski definition) is 4. The van der Waals surface area contributed by atoms with E-state index < -0.39 is 17.6 Å².